The van der Waals surface area contributed by atoms with E-state index in [1.807, 2.05) is 109 Å². The van der Waals surface area contributed by atoms with Crippen molar-refractivity contribution in [2.75, 3.05) is 0 Å². The number of benzene rings is 4. The Balaban J connectivity index is 1.84. The third-order valence-electron chi connectivity index (χ3n) is 5.28. The molecule has 0 aliphatic heterocycles. The Morgan fingerprint density at radius 1 is 0.471 bits per heavy atom. The summed E-state index contributed by atoms with van der Waals surface area (Å²) in [5, 5.41) is 0. The molecule has 4 aromatic rings. The SMILES string of the molecule is O=C(C=Cc1ccccc1)C(=Cc1ccccc1)C(=Cc1ccccc1)C(=O)c1ccccc1. The molecule has 0 fully saturated rings. The maximum atomic E-state index is 13.7. The van der Waals surface area contributed by atoms with Crippen molar-refractivity contribution in [1.29, 1.82) is 0 Å². The summed E-state index contributed by atoms with van der Waals surface area (Å²) in [6.45, 7) is 0. The molecule has 0 aliphatic rings. The van der Waals surface area contributed by atoms with E-state index in [2.05, 4.69) is 0 Å². The lowest BCUT2D eigenvalue weighted by Crippen LogP contribution is -2.11. The largest absolute Gasteiger partial charge is 0.289 e. The minimum absolute atomic E-state index is 0.201. The lowest BCUT2D eigenvalue weighted by Gasteiger charge is -2.11. The first kappa shape index (κ1) is 22.6. The van der Waals surface area contributed by atoms with Crippen molar-refractivity contribution in [3.05, 3.63) is 161 Å². The van der Waals surface area contributed by atoms with Gasteiger partial charge in [0, 0.05) is 16.7 Å². The van der Waals surface area contributed by atoms with Gasteiger partial charge in [0.25, 0.3) is 0 Å². The minimum Gasteiger partial charge on any atom is -0.289 e. The number of hydrogen-bond acceptors (Lipinski definition) is 2. The van der Waals surface area contributed by atoms with E-state index < -0.39 is 0 Å². The molecule has 34 heavy (non-hydrogen) atoms. The van der Waals surface area contributed by atoms with E-state index in [-0.39, 0.29) is 11.6 Å². The molecular formula is C32H24O2. The van der Waals surface area contributed by atoms with Gasteiger partial charge in [-0.05, 0) is 34.9 Å². The van der Waals surface area contributed by atoms with Gasteiger partial charge in [-0.1, -0.05) is 127 Å². The Bertz CT molecular complexity index is 1330. The highest BCUT2D eigenvalue weighted by molar-refractivity contribution is 6.25. The summed E-state index contributed by atoms with van der Waals surface area (Å²) in [7, 11) is 0. The quantitative estimate of drug-likeness (QED) is 0.163. The average Bonchev–Trinajstić information content (AvgIpc) is 2.91. The van der Waals surface area contributed by atoms with Crippen molar-refractivity contribution in [2.24, 2.45) is 0 Å². The molecule has 4 aromatic carbocycles. The zero-order valence-corrected chi connectivity index (χ0v) is 18.7. The number of carbonyl (C=O) groups excluding carboxylic acids is 2. The van der Waals surface area contributed by atoms with Crippen LogP contribution in [-0.4, -0.2) is 11.6 Å². The van der Waals surface area contributed by atoms with Crippen LogP contribution in [-0.2, 0) is 4.79 Å². The molecule has 0 radical (unpaired) electrons. The molecule has 0 heterocycles. The highest BCUT2D eigenvalue weighted by Gasteiger charge is 2.21. The summed E-state index contributed by atoms with van der Waals surface area (Å²) in [4.78, 5) is 27.2. The molecule has 0 bridgehead atoms. The van der Waals surface area contributed by atoms with Crippen molar-refractivity contribution in [1.82, 2.24) is 0 Å². The van der Waals surface area contributed by atoms with E-state index in [1.54, 1.807) is 30.4 Å². The van der Waals surface area contributed by atoms with Gasteiger partial charge >= 0.3 is 0 Å². The number of Topliss-reactive ketones (excluding diaryl/α,β-unsaturated/α-hetero) is 1. The van der Waals surface area contributed by atoms with E-state index in [9.17, 15) is 9.59 Å². The Morgan fingerprint density at radius 3 is 1.38 bits per heavy atom. The van der Waals surface area contributed by atoms with Crippen LogP contribution in [0.4, 0.5) is 0 Å². The zero-order valence-electron chi connectivity index (χ0n) is 18.7. The summed E-state index contributed by atoms with van der Waals surface area (Å²) in [5.41, 5.74) is 3.83. The number of ketones is 2. The first-order valence-electron chi connectivity index (χ1n) is 11.1. The van der Waals surface area contributed by atoms with Crippen molar-refractivity contribution < 1.29 is 9.59 Å². The van der Waals surface area contributed by atoms with Gasteiger partial charge in [0.15, 0.2) is 11.6 Å². The topological polar surface area (TPSA) is 34.1 Å². The molecule has 0 aromatic heterocycles. The molecule has 164 valence electrons. The van der Waals surface area contributed by atoms with E-state index in [1.165, 1.54) is 6.08 Å². The van der Waals surface area contributed by atoms with Crippen LogP contribution < -0.4 is 0 Å². The van der Waals surface area contributed by atoms with Gasteiger partial charge < -0.3 is 0 Å². The second-order valence-corrected chi connectivity index (χ2v) is 7.74. The van der Waals surface area contributed by atoms with Gasteiger partial charge in [-0.2, -0.15) is 0 Å². The Kier molecular flexibility index (Phi) is 7.55. The van der Waals surface area contributed by atoms with Gasteiger partial charge in [-0.25, -0.2) is 0 Å². The zero-order chi connectivity index (χ0) is 23.6. The summed E-state index contributed by atoms with van der Waals surface area (Å²) in [6, 6.07) is 37.8. The van der Waals surface area contributed by atoms with Gasteiger partial charge in [0.2, 0.25) is 0 Å². The fourth-order valence-corrected chi connectivity index (χ4v) is 3.55. The molecule has 0 N–H and O–H groups in total. The Hall–Kier alpha value is -4.56. The molecule has 0 unspecified atom stereocenters. The third-order valence-corrected chi connectivity index (χ3v) is 5.28. The normalized spacial score (nSPS) is 12.0. The molecule has 0 spiro atoms. The number of carbonyl (C=O) groups is 2. The van der Waals surface area contributed by atoms with Crippen LogP contribution in [0.2, 0.25) is 0 Å². The van der Waals surface area contributed by atoms with Crippen LogP contribution >= 0.6 is 0 Å². The Labute approximate surface area is 200 Å². The summed E-state index contributed by atoms with van der Waals surface area (Å²) >= 11 is 0. The van der Waals surface area contributed by atoms with E-state index in [4.69, 9.17) is 0 Å². The number of hydrogen-bond donors (Lipinski definition) is 0. The fourth-order valence-electron chi connectivity index (χ4n) is 3.55. The van der Waals surface area contributed by atoms with Crippen LogP contribution in [0.5, 0.6) is 0 Å². The second-order valence-electron chi connectivity index (χ2n) is 7.74. The molecule has 0 aliphatic carbocycles. The Morgan fingerprint density at radius 2 is 0.882 bits per heavy atom. The molecule has 0 saturated carbocycles. The highest BCUT2D eigenvalue weighted by atomic mass is 16.1. The summed E-state index contributed by atoms with van der Waals surface area (Å²) in [6.07, 6.45) is 6.88. The van der Waals surface area contributed by atoms with Gasteiger partial charge in [-0.3, -0.25) is 9.59 Å². The summed E-state index contributed by atoms with van der Waals surface area (Å²) in [5.74, 6) is -0.438. The van der Waals surface area contributed by atoms with E-state index >= 15 is 0 Å². The van der Waals surface area contributed by atoms with Crippen LogP contribution in [0.15, 0.2) is 139 Å². The standard InChI is InChI=1S/C32H24O2/c33-31(22-21-25-13-5-1-6-14-25)29(23-26-15-7-2-8-16-26)30(24-27-17-9-3-10-18-27)32(34)28-19-11-4-12-20-28/h1-24H. The molecule has 2 heteroatoms. The smallest absolute Gasteiger partial charge is 0.193 e. The lowest BCUT2D eigenvalue weighted by molar-refractivity contribution is -0.111. The van der Waals surface area contributed by atoms with Crippen LogP contribution in [0.3, 0.4) is 0 Å². The van der Waals surface area contributed by atoms with Crippen molar-refractivity contribution in [2.45, 2.75) is 0 Å². The summed E-state index contributed by atoms with van der Waals surface area (Å²) < 4.78 is 0. The van der Waals surface area contributed by atoms with Gasteiger partial charge in [-0.15, -0.1) is 0 Å². The van der Waals surface area contributed by atoms with Crippen molar-refractivity contribution >= 4 is 29.8 Å². The lowest BCUT2D eigenvalue weighted by atomic mass is 9.90. The minimum atomic E-state index is -0.237. The molecule has 0 atom stereocenters. The van der Waals surface area contributed by atoms with E-state index in [0.717, 1.165) is 16.7 Å². The first-order chi connectivity index (χ1) is 16.7. The monoisotopic (exact) mass is 440 g/mol. The van der Waals surface area contributed by atoms with E-state index in [0.29, 0.717) is 16.7 Å². The third kappa shape index (κ3) is 6.02. The molecular weight excluding hydrogens is 416 g/mol. The predicted molar refractivity (Wildman–Crippen MR) is 140 cm³/mol. The van der Waals surface area contributed by atoms with Crippen LogP contribution in [0, 0.1) is 0 Å². The number of rotatable bonds is 8. The van der Waals surface area contributed by atoms with Crippen molar-refractivity contribution in [3.8, 4) is 0 Å². The maximum absolute atomic E-state index is 13.7. The molecule has 0 saturated heterocycles. The predicted octanol–water partition coefficient (Wildman–Crippen LogP) is 7.32. The number of allylic oxidation sites excluding steroid dienone is 3. The van der Waals surface area contributed by atoms with Crippen LogP contribution in [0.1, 0.15) is 27.0 Å². The highest BCUT2D eigenvalue weighted by Crippen LogP contribution is 2.24. The van der Waals surface area contributed by atoms with Crippen LogP contribution in [0.25, 0.3) is 18.2 Å². The molecule has 4 rings (SSSR count). The molecule has 2 nitrogen and oxygen atoms in total. The maximum Gasteiger partial charge on any atom is 0.193 e. The second kappa shape index (κ2) is 11.3. The van der Waals surface area contributed by atoms with Gasteiger partial charge in [0.1, 0.15) is 0 Å². The fraction of sp³-hybridized carbons (Fsp3) is 0. The average molecular weight is 441 g/mol. The van der Waals surface area contributed by atoms with Crippen molar-refractivity contribution in [3.63, 3.8) is 0 Å². The first-order valence-corrected chi connectivity index (χ1v) is 11.1. The van der Waals surface area contributed by atoms with Gasteiger partial charge in [0.05, 0.1) is 0 Å². The molecule has 0 amide bonds.